The highest BCUT2D eigenvalue weighted by atomic mass is 32.2. The molecule has 0 saturated carbocycles. The third-order valence-corrected chi connectivity index (χ3v) is 4.94. The first kappa shape index (κ1) is 14.3. The van der Waals surface area contributed by atoms with Crippen molar-refractivity contribution >= 4 is 15.7 Å². The van der Waals surface area contributed by atoms with Crippen LogP contribution in [-0.4, -0.2) is 46.5 Å². The van der Waals surface area contributed by atoms with Gasteiger partial charge in [-0.25, -0.2) is 13.1 Å². The van der Waals surface area contributed by atoms with E-state index in [2.05, 4.69) is 14.9 Å². The molecule has 0 amide bonds. The maximum absolute atomic E-state index is 12.3. The van der Waals surface area contributed by atoms with E-state index in [1.807, 2.05) is 7.05 Å². The standard InChI is InChI=1S/C13H21N3O2S/c1-14-11-5-7-13(8-6-11)19(17,18)15-12-4-3-9-16(2)10-12/h5-8,12,14-15H,3-4,9-10H2,1-2H3. The van der Waals surface area contributed by atoms with E-state index in [-0.39, 0.29) is 6.04 Å². The summed E-state index contributed by atoms with van der Waals surface area (Å²) in [5.41, 5.74) is 0.899. The van der Waals surface area contributed by atoms with Crippen LogP contribution in [0, 0.1) is 0 Å². The number of likely N-dealkylation sites (N-methyl/N-ethyl adjacent to an activating group) is 1. The van der Waals surface area contributed by atoms with E-state index in [1.54, 1.807) is 31.3 Å². The Labute approximate surface area is 115 Å². The number of likely N-dealkylation sites (tertiary alicyclic amines) is 1. The predicted octanol–water partition coefficient (Wildman–Crippen LogP) is 1.10. The van der Waals surface area contributed by atoms with Gasteiger partial charge in [-0.3, -0.25) is 0 Å². The first-order valence-electron chi connectivity index (χ1n) is 6.50. The fourth-order valence-electron chi connectivity index (χ4n) is 2.35. The van der Waals surface area contributed by atoms with Crippen LogP contribution in [0.25, 0.3) is 0 Å². The van der Waals surface area contributed by atoms with Gasteiger partial charge in [0.25, 0.3) is 0 Å². The largest absolute Gasteiger partial charge is 0.388 e. The third kappa shape index (κ3) is 3.68. The highest BCUT2D eigenvalue weighted by Crippen LogP contribution is 2.16. The van der Waals surface area contributed by atoms with Crippen LogP contribution in [0.1, 0.15) is 12.8 Å². The molecule has 19 heavy (non-hydrogen) atoms. The summed E-state index contributed by atoms with van der Waals surface area (Å²) in [5, 5.41) is 2.97. The molecule has 1 fully saturated rings. The molecule has 0 radical (unpaired) electrons. The van der Waals surface area contributed by atoms with E-state index >= 15 is 0 Å². The molecule has 1 aromatic rings. The van der Waals surface area contributed by atoms with Crippen LogP contribution in [0.3, 0.4) is 0 Å². The van der Waals surface area contributed by atoms with Gasteiger partial charge in [0.1, 0.15) is 0 Å². The fraction of sp³-hybridized carbons (Fsp3) is 0.538. The molecule has 0 aromatic heterocycles. The molecule has 2 rings (SSSR count). The quantitative estimate of drug-likeness (QED) is 0.869. The summed E-state index contributed by atoms with van der Waals surface area (Å²) in [6.45, 7) is 1.81. The van der Waals surface area contributed by atoms with Gasteiger partial charge in [-0.05, 0) is 50.7 Å². The van der Waals surface area contributed by atoms with Crippen molar-refractivity contribution in [1.82, 2.24) is 9.62 Å². The number of benzene rings is 1. The molecule has 1 aliphatic heterocycles. The van der Waals surface area contributed by atoms with Crippen molar-refractivity contribution < 1.29 is 8.42 Å². The molecule has 0 aliphatic carbocycles. The minimum atomic E-state index is -3.41. The SMILES string of the molecule is CNc1ccc(S(=O)(=O)NC2CCCN(C)C2)cc1. The van der Waals surface area contributed by atoms with Crippen molar-refractivity contribution in [1.29, 1.82) is 0 Å². The van der Waals surface area contributed by atoms with Gasteiger partial charge < -0.3 is 10.2 Å². The molecule has 1 aromatic carbocycles. The lowest BCUT2D eigenvalue weighted by molar-refractivity contribution is 0.242. The van der Waals surface area contributed by atoms with E-state index in [1.165, 1.54) is 0 Å². The highest BCUT2D eigenvalue weighted by Gasteiger charge is 2.23. The smallest absolute Gasteiger partial charge is 0.240 e. The molecule has 106 valence electrons. The summed E-state index contributed by atoms with van der Waals surface area (Å²) in [6, 6.07) is 6.79. The molecule has 1 unspecified atom stereocenters. The van der Waals surface area contributed by atoms with Crippen molar-refractivity contribution in [3.05, 3.63) is 24.3 Å². The Morgan fingerprint density at radius 1 is 1.26 bits per heavy atom. The van der Waals surface area contributed by atoms with Gasteiger partial charge in [0, 0.05) is 25.3 Å². The number of nitrogens with one attached hydrogen (secondary N) is 2. The zero-order chi connectivity index (χ0) is 13.9. The second kappa shape index (κ2) is 5.90. The second-order valence-electron chi connectivity index (χ2n) is 5.00. The van der Waals surface area contributed by atoms with Gasteiger partial charge in [0.15, 0.2) is 0 Å². The summed E-state index contributed by atoms with van der Waals surface area (Å²) < 4.78 is 27.3. The van der Waals surface area contributed by atoms with Crippen molar-refractivity contribution in [3.63, 3.8) is 0 Å². The Morgan fingerprint density at radius 3 is 2.53 bits per heavy atom. The Balaban J connectivity index is 2.08. The van der Waals surface area contributed by atoms with Crippen LogP contribution in [0.2, 0.25) is 0 Å². The van der Waals surface area contributed by atoms with Crippen molar-refractivity contribution in [2.45, 2.75) is 23.8 Å². The number of hydrogen-bond donors (Lipinski definition) is 2. The van der Waals surface area contributed by atoms with Gasteiger partial charge in [0.2, 0.25) is 10.0 Å². The van der Waals surface area contributed by atoms with Gasteiger partial charge in [-0.1, -0.05) is 0 Å². The van der Waals surface area contributed by atoms with E-state index in [0.717, 1.165) is 31.6 Å². The average Bonchev–Trinajstić information content (AvgIpc) is 2.38. The molecule has 1 heterocycles. The number of rotatable bonds is 4. The van der Waals surface area contributed by atoms with Crippen LogP contribution in [0.5, 0.6) is 0 Å². The molecular formula is C13H21N3O2S. The first-order valence-corrected chi connectivity index (χ1v) is 7.98. The van der Waals surface area contributed by atoms with Crippen LogP contribution in [-0.2, 0) is 10.0 Å². The lowest BCUT2D eigenvalue weighted by Crippen LogP contribution is -2.46. The summed E-state index contributed by atoms with van der Waals surface area (Å²) in [5.74, 6) is 0. The maximum Gasteiger partial charge on any atom is 0.240 e. The van der Waals surface area contributed by atoms with Crippen LogP contribution >= 0.6 is 0 Å². The molecule has 6 heteroatoms. The van der Waals surface area contributed by atoms with Crippen LogP contribution in [0.4, 0.5) is 5.69 Å². The van der Waals surface area contributed by atoms with Gasteiger partial charge in [-0.15, -0.1) is 0 Å². The van der Waals surface area contributed by atoms with Crippen LogP contribution in [0.15, 0.2) is 29.2 Å². The topological polar surface area (TPSA) is 61.4 Å². The first-order chi connectivity index (χ1) is 9.01. The van der Waals surface area contributed by atoms with Crippen molar-refractivity contribution in [2.24, 2.45) is 0 Å². The Kier molecular flexibility index (Phi) is 4.44. The molecule has 0 spiro atoms. The normalized spacial score (nSPS) is 21.3. The van der Waals surface area contributed by atoms with Crippen molar-refractivity contribution in [2.75, 3.05) is 32.5 Å². The Bertz CT molecular complexity index is 513. The maximum atomic E-state index is 12.3. The molecule has 1 saturated heterocycles. The minimum absolute atomic E-state index is 0.00715. The number of nitrogens with zero attached hydrogens (tertiary/aromatic N) is 1. The zero-order valence-electron chi connectivity index (χ0n) is 11.4. The average molecular weight is 283 g/mol. The van der Waals surface area contributed by atoms with E-state index in [0.29, 0.717) is 4.90 Å². The molecule has 1 aliphatic rings. The molecular weight excluding hydrogens is 262 g/mol. The van der Waals surface area contributed by atoms with Gasteiger partial charge in [0.05, 0.1) is 4.90 Å². The van der Waals surface area contributed by atoms with E-state index in [4.69, 9.17) is 0 Å². The summed E-state index contributed by atoms with van der Waals surface area (Å²) >= 11 is 0. The summed E-state index contributed by atoms with van der Waals surface area (Å²) in [6.07, 6.45) is 1.93. The lowest BCUT2D eigenvalue weighted by Gasteiger charge is -2.29. The Hall–Kier alpha value is -1.11. The minimum Gasteiger partial charge on any atom is -0.388 e. The monoisotopic (exact) mass is 283 g/mol. The van der Waals surface area contributed by atoms with E-state index in [9.17, 15) is 8.42 Å². The lowest BCUT2D eigenvalue weighted by atomic mass is 10.1. The molecule has 1 atom stereocenters. The number of anilines is 1. The fourth-order valence-corrected chi connectivity index (χ4v) is 3.61. The number of hydrogen-bond acceptors (Lipinski definition) is 4. The molecule has 0 bridgehead atoms. The van der Waals surface area contributed by atoms with Gasteiger partial charge >= 0.3 is 0 Å². The number of sulfonamides is 1. The van der Waals surface area contributed by atoms with E-state index < -0.39 is 10.0 Å². The summed E-state index contributed by atoms with van der Waals surface area (Å²) in [7, 11) is 0.408. The van der Waals surface area contributed by atoms with Crippen molar-refractivity contribution in [3.8, 4) is 0 Å². The number of piperidine rings is 1. The Morgan fingerprint density at radius 2 is 1.95 bits per heavy atom. The highest BCUT2D eigenvalue weighted by molar-refractivity contribution is 7.89. The second-order valence-corrected chi connectivity index (χ2v) is 6.71. The molecule has 2 N–H and O–H groups in total. The van der Waals surface area contributed by atoms with Gasteiger partial charge in [-0.2, -0.15) is 0 Å². The summed E-state index contributed by atoms with van der Waals surface area (Å²) in [4.78, 5) is 2.47. The predicted molar refractivity (Wildman–Crippen MR) is 76.8 cm³/mol. The van der Waals surface area contributed by atoms with Crippen LogP contribution < -0.4 is 10.0 Å². The molecule has 5 nitrogen and oxygen atoms in total. The zero-order valence-corrected chi connectivity index (χ0v) is 12.2. The third-order valence-electron chi connectivity index (χ3n) is 3.40.